The predicted octanol–water partition coefficient (Wildman–Crippen LogP) is 3.54. The first-order valence-electron chi connectivity index (χ1n) is 10.7. The van der Waals surface area contributed by atoms with E-state index in [2.05, 4.69) is 5.32 Å². The second kappa shape index (κ2) is 10.8. The van der Waals surface area contributed by atoms with Crippen LogP contribution < -0.4 is 14.8 Å². The summed E-state index contributed by atoms with van der Waals surface area (Å²) >= 11 is 0. The maximum Gasteiger partial charge on any atom is 0.255 e. The highest BCUT2D eigenvalue weighted by Crippen LogP contribution is 2.29. The van der Waals surface area contributed by atoms with Gasteiger partial charge in [-0.25, -0.2) is 8.42 Å². The third-order valence-electron chi connectivity index (χ3n) is 5.32. The monoisotopic (exact) mass is 462 g/mol. The summed E-state index contributed by atoms with van der Waals surface area (Å²) < 4.78 is 43.8. The first-order chi connectivity index (χ1) is 15.4. The molecular formula is C23H30N2O6S. The van der Waals surface area contributed by atoms with Crippen LogP contribution in [0.4, 0.5) is 5.69 Å². The Labute approximate surface area is 189 Å². The minimum absolute atomic E-state index is 0.0761. The summed E-state index contributed by atoms with van der Waals surface area (Å²) in [4.78, 5) is 13.0. The molecule has 8 nitrogen and oxygen atoms in total. The summed E-state index contributed by atoms with van der Waals surface area (Å²) in [5.41, 5.74) is 0.658. The zero-order valence-corrected chi connectivity index (χ0v) is 19.5. The van der Waals surface area contributed by atoms with Crippen molar-refractivity contribution in [2.75, 3.05) is 38.7 Å². The molecule has 2 aromatic rings. The van der Waals surface area contributed by atoms with Crippen molar-refractivity contribution in [2.24, 2.45) is 0 Å². The number of nitrogens with zero attached hydrogens (tertiary/aromatic N) is 1. The van der Waals surface area contributed by atoms with Gasteiger partial charge in [-0.05, 0) is 49.2 Å². The lowest BCUT2D eigenvalue weighted by atomic mass is 10.2. The molecule has 1 heterocycles. The van der Waals surface area contributed by atoms with E-state index in [1.54, 1.807) is 38.1 Å². The van der Waals surface area contributed by atoms with E-state index in [0.29, 0.717) is 36.8 Å². The average molecular weight is 463 g/mol. The third kappa shape index (κ3) is 5.59. The second-order valence-electron chi connectivity index (χ2n) is 7.38. The van der Waals surface area contributed by atoms with Gasteiger partial charge < -0.3 is 19.5 Å². The summed E-state index contributed by atoms with van der Waals surface area (Å²) in [6, 6.07) is 11.3. The molecule has 0 saturated carbocycles. The number of sulfonamides is 1. The Hall–Kier alpha value is -2.62. The second-order valence-corrected chi connectivity index (χ2v) is 9.32. The van der Waals surface area contributed by atoms with E-state index >= 15 is 0 Å². The minimum atomic E-state index is -3.68. The van der Waals surface area contributed by atoms with Crippen LogP contribution in [0, 0.1) is 0 Å². The van der Waals surface area contributed by atoms with Gasteiger partial charge in [-0.1, -0.05) is 19.9 Å². The number of amides is 1. The van der Waals surface area contributed by atoms with Gasteiger partial charge in [0.2, 0.25) is 10.0 Å². The van der Waals surface area contributed by atoms with Crippen LogP contribution in [0.2, 0.25) is 0 Å². The SMILES string of the molecule is CCN(CC)S(=O)(=O)c1ccc(OC)c(NC(=O)c2cccc(OCC3CCCO3)c2)c1. The van der Waals surface area contributed by atoms with Gasteiger partial charge in [-0.3, -0.25) is 4.79 Å². The zero-order valence-electron chi connectivity index (χ0n) is 18.7. The quantitative estimate of drug-likeness (QED) is 0.581. The molecule has 0 aliphatic carbocycles. The molecular weight excluding hydrogens is 432 g/mol. The van der Waals surface area contributed by atoms with Crippen LogP contribution >= 0.6 is 0 Å². The molecule has 0 spiro atoms. The molecule has 2 aromatic carbocycles. The number of nitrogens with one attached hydrogen (secondary N) is 1. The maximum absolute atomic E-state index is 12.9. The Morgan fingerprint density at radius 3 is 2.62 bits per heavy atom. The standard InChI is InChI=1S/C23H30N2O6S/c1-4-25(5-2)32(27,28)20-11-12-22(29-3)21(15-20)24-23(26)17-8-6-9-18(14-17)31-16-19-10-7-13-30-19/h6,8-9,11-12,14-15,19H,4-5,7,10,13,16H2,1-3H3,(H,24,26). The van der Waals surface area contributed by atoms with E-state index in [9.17, 15) is 13.2 Å². The number of benzene rings is 2. The van der Waals surface area contributed by atoms with E-state index in [0.717, 1.165) is 19.4 Å². The van der Waals surface area contributed by atoms with Crippen molar-refractivity contribution in [1.82, 2.24) is 4.31 Å². The van der Waals surface area contributed by atoms with Crippen molar-refractivity contribution in [1.29, 1.82) is 0 Å². The molecule has 1 fully saturated rings. The van der Waals surface area contributed by atoms with Gasteiger partial charge in [0, 0.05) is 25.3 Å². The fraction of sp³-hybridized carbons (Fsp3) is 0.435. The summed E-state index contributed by atoms with van der Waals surface area (Å²) in [5, 5.41) is 2.76. The molecule has 1 unspecified atom stereocenters. The minimum Gasteiger partial charge on any atom is -0.495 e. The van der Waals surface area contributed by atoms with Gasteiger partial charge in [0.25, 0.3) is 5.91 Å². The number of carbonyl (C=O) groups excluding carboxylic acids is 1. The molecule has 0 bridgehead atoms. The molecule has 1 amide bonds. The molecule has 0 radical (unpaired) electrons. The van der Waals surface area contributed by atoms with Crippen LogP contribution in [0.5, 0.6) is 11.5 Å². The Bertz CT molecular complexity index is 1030. The van der Waals surface area contributed by atoms with Gasteiger partial charge in [-0.15, -0.1) is 0 Å². The van der Waals surface area contributed by atoms with Crippen LogP contribution in [0.3, 0.4) is 0 Å². The summed E-state index contributed by atoms with van der Waals surface area (Å²) in [6.45, 7) is 5.45. The van der Waals surface area contributed by atoms with Crippen molar-refractivity contribution in [2.45, 2.75) is 37.7 Å². The van der Waals surface area contributed by atoms with Crippen molar-refractivity contribution in [3.63, 3.8) is 0 Å². The van der Waals surface area contributed by atoms with Crippen molar-refractivity contribution < 1.29 is 27.4 Å². The molecule has 3 rings (SSSR count). The lowest BCUT2D eigenvalue weighted by Crippen LogP contribution is -2.30. The van der Waals surface area contributed by atoms with Crippen LogP contribution in [0.15, 0.2) is 47.4 Å². The maximum atomic E-state index is 12.9. The largest absolute Gasteiger partial charge is 0.495 e. The molecule has 9 heteroatoms. The van der Waals surface area contributed by atoms with E-state index in [1.165, 1.54) is 29.6 Å². The predicted molar refractivity (Wildman–Crippen MR) is 122 cm³/mol. The Kier molecular flexibility index (Phi) is 8.11. The lowest BCUT2D eigenvalue weighted by molar-refractivity contribution is 0.0679. The Morgan fingerprint density at radius 1 is 1.19 bits per heavy atom. The van der Waals surface area contributed by atoms with Crippen molar-refractivity contribution >= 4 is 21.6 Å². The molecule has 1 N–H and O–H groups in total. The number of hydrogen-bond acceptors (Lipinski definition) is 6. The van der Waals surface area contributed by atoms with Gasteiger partial charge in [0.15, 0.2) is 0 Å². The number of ether oxygens (including phenoxy) is 3. The van der Waals surface area contributed by atoms with Gasteiger partial charge in [-0.2, -0.15) is 4.31 Å². The number of methoxy groups -OCH3 is 1. The summed E-state index contributed by atoms with van der Waals surface area (Å²) in [6.07, 6.45) is 2.07. The van der Waals surface area contributed by atoms with Crippen LogP contribution in [-0.4, -0.2) is 58.1 Å². The average Bonchev–Trinajstić information content (AvgIpc) is 3.32. The van der Waals surface area contributed by atoms with E-state index in [1.807, 2.05) is 0 Å². The Balaban J connectivity index is 1.78. The van der Waals surface area contributed by atoms with Gasteiger partial charge >= 0.3 is 0 Å². The van der Waals surface area contributed by atoms with Gasteiger partial charge in [0.1, 0.15) is 18.1 Å². The van der Waals surface area contributed by atoms with Crippen molar-refractivity contribution in [3.05, 3.63) is 48.0 Å². The number of hydrogen-bond donors (Lipinski definition) is 1. The van der Waals surface area contributed by atoms with Crippen molar-refractivity contribution in [3.8, 4) is 11.5 Å². The topological polar surface area (TPSA) is 94.2 Å². The molecule has 174 valence electrons. The van der Waals surface area contributed by atoms with Crippen LogP contribution in [-0.2, 0) is 14.8 Å². The third-order valence-corrected chi connectivity index (χ3v) is 7.36. The molecule has 1 aliphatic heterocycles. The number of carbonyl (C=O) groups is 1. The first-order valence-corrected chi connectivity index (χ1v) is 12.2. The smallest absolute Gasteiger partial charge is 0.255 e. The highest BCUT2D eigenvalue weighted by molar-refractivity contribution is 7.89. The summed E-state index contributed by atoms with van der Waals surface area (Å²) in [7, 11) is -2.22. The first kappa shape index (κ1) is 24.0. The fourth-order valence-corrected chi connectivity index (χ4v) is 5.03. The number of anilines is 1. The molecule has 1 aliphatic rings. The molecule has 32 heavy (non-hydrogen) atoms. The molecule has 0 aromatic heterocycles. The highest BCUT2D eigenvalue weighted by atomic mass is 32.2. The molecule has 1 atom stereocenters. The van der Waals surface area contributed by atoms with E-state index in [-0.39, 0.29) is 16.7 Å². The normalized spacial score (nSPS) is 16.2. The van der Waals surface area contributed by atoms with E-state index < -0.39 is 15.9 Å². The summed E-state index contributed by atoms with van der Waals surface area (Å²) in [5.74, 6) is 0.531. The van der Waals surface area contributed by atoms with Crippen LogP contribution in [0.1, 0.15) is 37.0 Å². The van der Waals surface area contributed by atoms with Crippen LogP contribution in [0.25, 0.3) is 0 Å². The molecule has 1 saturated heterocycles. The fourth-order valence-electron chi connectivity index (χ4n) is 3.54. The zero-order chi connectivity index (χ0) is 23.1. The Morgan fingerprint density at radius 2 is 1.97 bits per heavy atom. The lowest BCUT2D eigenvalue weighted by Gasteiger charge is -2.19. The van der Waals surface area contributed by atoms with E-state index in [4.69, 9.17) is 14.2 Å². The van der Waals surface area contributed by atoms with Gasteiger partial charge in [0.05, 0.1) is 23.8 Å². The number of rotatable bonds is 10. The highest BCUT2D eigenvalue weighted by Gasteiger charge is 2.23.